The van der Waals surface area contributed by atoms with Gasteiger partial charge in [-0.05, 0) is 96.6 Å². The number of amidine groups is 1. The molecular formula is C69H50N6. The molecule has 12 aromatic rings. The number of hydrogen-bond acceptors (Lipinski definition) is 5. The van der Waals surface area contributed by atoms with Crippen LogP contribution in [0.25, 0.3) is 106 Å². The van der Waals surface area contributed by atoms with Crippen molar-refractivity contribution in [1.82, 2.24) is 20.3 Å². The number of benzene rings is 10. The zero-order valence-corrected chi connectivity index (χ0v) is 41.1. The standard InChI is InChI=1S/C69H50N6/c1-3-10-56-40-58(35-21-44(56)8-1)64-42-62(50-27-23-48(24-28-50)60-15-5-12-52-14-7-38-70-66(52)60)72-68(74-64)54-31-17-46(18-32-54)47-19-33-55(34-20-47)69-73-63(43-65(75-69)59-36-22-45-9-2-4-11-57(45)41-59)51-29-25-49(26-30-51)61-16-6-13-53-37-39-71-67(53)61/h1-37,39-41,43,62,64,70-71H,38,42H2,(H,72,74). The molecule has 0 amide bonds. The molecule has 6 nitrogen and oxygen atoms in total. The number of nitrogens with zero attached hydrogens (tertiary/aromatic N) is 3. The first-order chi connectivity index (χ1) is 37.1. The SMILES string of the molecule is C1=Cc2cccc(-c3ccc(C4CC(c5ccc6ccccc6c5)NC(c5ccc(-c6ccc(-c7nc(-c8ccc(-c9cccc%10cc[nH]c9%10)cc8)cc(-c8ccc9ccccc9c8)n7)cc6)cc5)=N4)cc3)c2NC1. The summed E-state index contributed by atoms with van der Waals surface area (Å²) in [6.07, 6.45) is 7.21. The van der Waals surface area contributed by atoms with Gasteiger partial charge in [-0.15, -0.1) is 0 Å². The fraction of sp³-hybridized carbons (Fsp3) is 0.0580. The monoisotopic (exact) mass is 962 g/mol. The minimum atomic E-state index is -0.0308. The van der Waals surface area contributed by atoms with Crippen LogP contribution in [0.2, 0.25) is 0 Å². The van der Waals surface area contributed by atoms with Gasteiger partial charge < -0.3 is 15.6 Å². The van der Waals surface area contributed by atoms with Crippen LogP contribution in [0.1, 0.15) is 40.8 Å². The zero-order valence-electron chi connectivity index (χ0n) is 41.1. The summed E-state index contributed by atoms with van der Waals surface area (Å²) in [5.74, 6) is 1.58. The molecule has 356 valence electrons. The summed E-state index contributed by atoms with van der Waals surface area (Å²) in [6, 6.07) is 82.9. The van der Waals surface area contributed by atoms with Gasteiger partial charge in [0.1, 0.15) is 5.84 Å². The van der Waals surface area contributed by atoms with Gasteiger partial charge in [0, 0.05) is 51.8 Å². The second kappa shape index (κ2) is 18.8. The Morgan fingerprint density at radius 2 is 0.987 bits per heavy atom. The van der Waals surface area contributed by atoms with Crippen molar-refractivity contribution in [3.05, 3.63) is 265 Å². The Bertz CT molecular complexity index is 4170. The minimum Gasteiger partial charge on any atom is -0.381 e. The Labute approximate surface area is 435 Å². The van der Waals surface area contributed by atoms with Crippen LogP contribution in [0, 0.1) is 0 Å². The third kappa shape index (κ3) is 8.52. The molecule has 0 saturated heterocycles. The van der Waals surface area contributed by atoms with E-state index in [-0.39, 0.29) is 12.1 Å². The highest BCUT2D eigenvalue weighted by Crippen LogP contribution is 2.39. The van der Waals surface area contributed by atoms with E-state index >= 15 is 0 Å². The molecule has 0 aliphatic carbocycles. The van der Waals surface area contributed by atoms with E-state index in [1.165, 1.54) is 66.0 Å². The maximum absolute atomic E-state index is 5.45. The van der Waals surface area contributed by atoms with E-state index in [2.05, 4.69) is 258 Å². The maximum Gasteiger partial charge on any atom is 0.160 e. The van der Waals surface area contributed by atoms with E-state index in [0.717, 1.165) is 74.6 Å². The fourth-order valence-corrected chi connectivity index (χ4v) is 11.1. The lowest BCUT2D eigenvalue weighted by atomic mass is 9.90. The van der Waals surface area contributed by atoms with Gasteiger partial charge in [0.2, 0.25) is 0 Å². The van der Waals surface area contributed by atoms with Crippen molar-refractivity contribution in [3.8, 4) is 67.3 Å². The van der Waals surface area contributed by atoms with Gasteiger partial charge in [0.05, 0.1) is 29.0 Å². The third-order valence-corrected chi connectivity index (χ3v) is 15.1. The number of aliphatic imine (C=N–C) groups is 1. The van der Waals surface area contributed by atoms with Crippen molar-refractivity contribution in [2.24, 2.45) is 4.99 Å². The van der Waals surface area contributed by atoms with E-state index in [1.807, 2.05) is 6.20 Å². The first-order valence-corrected chi connectivity index (χ1v) is 25.8. The van der Waals surface area contributed by atoms with Crippen LogP contribution in [0.3, 0.4) is 0 Å². The number of para-hydroxylation sites is 2. The molecule has 0 spiro atoms. The Kier molecular flexibility index (Phi) is 11.0. The first kappa shape index (κ1) is 44.1. The van der Waals surface area contributed by atoms with Crippen LogP contribution >= 0.6 is 0 Å². The summed E-state index contributed by atoms with van der Waals surface area (Å²) in [7, 11) is 0. The number of fused-ring (bicyclic) bond motifs is 4. The second-order valence-electron chi connectivity index (χ2n) is 19.7. The molecule has 3 N–H and O–H groups in total. The number of anilines is 1. The topological polar surface area (TPSA) is 78.0 Å². The second-order valence-corrected chi connectivity index (χ2v) is 19.7. The fourth-order valence-electron chi connectivity index (χ4n) is 11.1. The predicted octanol–water partition coefficient (Wildman–Crippen LogP) is 16.9. The van der Waals surface area contributed by atoms with E-state index in [0.29, 0.717) is 5.82 Å². The van der Waals surface area contributed by atoms with Crippen LogP contribution in [-0.2, 0) is 0 Å². The number of aromatic nitrogens is 3. The summed E-state index contributed by atoms with van der Waals surface area (Å²) in [5, 5.41) is 13.5. The van der Waals surface area contributed by atoms with Crippen LogP contribution in [0.5, 0.6) is 0 Å². The summed E-state index contributed by atoms with van der Waals surface area (Å²) in [6.45, 7) is 0.836. The quantitative estimate of drug-likeness (QED) is 0.135. The molecule has 4 heterocycles. The van der Waals surface area contributed by atoms with E-state index in [1.54, 1.807) is 0 Å². The molecule has 0 radical (unpaired) electrons. The number of nitrogens with one attached hydrogen (secondary N) is 3. The van der Waals surface area contributed by atoms with Gasteiger partial charge in [-0.2, -0.15) is 0 Å². The molecule has 0 bridgehead atoms. The van der Waals surface area contributed by atoms with Gasteiger partial charge >= 0.3 is 0 Å². The molecule has 14 rings (SSSR count). The number of H-pyrrole nitrogens is 1. The smallest absolute Gasteiger partial charge is 0.160 e. The van der Waals surface area contributed by atoms with Crippen LogP contribution < -0.4 is 10.6 Å². The van der Waals surface area contributed by atoms with Crippen molar-refractivity contribution in [2.75, 3.05) is 11.9 Å². The van der Waals surface area contributed by atoms with Crippen LogP contribution in [0.15, 0.2) is 248 Å². The van der Waals surface area contributed by atoms with Crippen LogP contribution in [0.4, 0.5) is 5.69 Å². The molecule has 2 aromatic heterocycles. The lowest BCUT2D eigenvalue weighted by molar-refractivity contribution is 0.491. The minimum absolute atomic E-state index is 0.0308. The first-order valence-electron chi connectivity index (χ1n) is 25.8. The van der Waals surface area contributed by atoms with Gasteiger partial charge in [-0.3, -0.25) is 4.99 Å². The predicted molar refractivity (Wildman–Crippen MR) is 312 cm³/mol. The number of hydrogen-bond donors (Lipinski definition) is 3. The molecule has 2 atom stereocenters. The third-order valence-electron chi connectivity index (χ3n) is 15.1. The highest BCUT2D eigenvalue weighted by molar-refractivity contribution is 6.00. The Balaban J connectivity index is 0.769. The Hall–Kier alpha value is -9.65. The molecular weight excluding hydrogens is 913 g/mol. The highest BCUT2D eigenvalue weighted by Gasteiger charge is 2.27. The lowest BCUT2D eigenvalue weighted by Crippen LogP contribution is -2.34. The highest BCUT2D eigenvalue weighted by atomic mass is 15.1. The van der Waals surface area contributed by atoms with Gasteiger partial charge in [0.15, 0.2) is 5.82 Å². The summed E-state index contributed by atoms with van der Waals surface area (Å²) in [4.78, 5) is 19.3. The van der Waals surface area contributed by atoms with Crippen molar-refractivity contribution in [2.45, 2.75) is 18.5 Å². The summed E-state index contributed by atoms with van der Waals surface area (Å²) in [5.41, 5.74) is 18.8. The van der Waals surface area contributed by atoms with Gasteiger partial charge in [-0.1, -0.05) is 218 Å². The molecule has 2 aliphatic heterocycles. The molecule has 6 heteroatoms. The van der Waals surface area contributed by atoms with Gasteiger partial charge in [-0.25, -0.2) is 9.97 Å². The molecule has 2 aliphatic rings. The normalized spacial score (nSPS) is 15.1. The lowest BCUT2D eigenvalue weighted by Gasteiger charge is -2.31. The van der Waals surface area contributed by atoms with Crippen molar-refractivity contribution in [3.63, 3.8) is 0 Å². The Morgan fingerprint density at radius 3 is 1.76 bits per heavy atom. The van der Waals surface area contributed by atoms with Crippen molar-refractivity contribution < 1.29 is 0 Å². The summed E-state index contributed by atoms with van der Waals surface area (Å²) >= 11 is 0. The van der Waals surface area contributed by atoms with Crippen LogP contribution in [-0.4, -0.2) is 27.3 Å². The number of rotatable bonds is 9. The van der Waals surface area contributed by atoms with Crippen molar-refractivity contribution in [1.29, 1.82) is 0 Å². The zero-order chi connectivity index (χ0) is 49.7. The molecule has 0 fully saturated rings. The molecule has 0 saturated carbocycles. The maximum atomic E-state index is 5.45. The number of aromatic amines is 1. The van der Waals surface area contributed by atoms with E-state index in [4.69, 9.17) is 15.0 Å². The largest absolute Gasteiger partial charge is 0.381 e. The molecule has 2 unspecified atom stereocenters. The van der Waals surface area contributed by atoms with Crippen molar-refractivity contribution >= 4 is 50.0 Å². The molecule has 10 aromatic carbocycles. The molecule has 75 heavy (non-hydrogen) atoms. The van der Waals surface area contributed by atoms with E-state index in [9.17, 15) is 0 Å². The summed E-state index contributed by atoms with van der Waals surface area (Å²) < 4.78 is 0. The average molecular weight is 963 g/mol. The van der Waals surface area contributed by atoms with E-state index < -0.39 is 0 Å². The Morgan fingerprint density at radius 1 is 0.413 bits per heavy atom. The average Bonchev–Trinajstić information content (AvgIpc) is 3.99. The van der Waals surface area contributed by atoms with Gasteiger partial charge in [0.25, 0.3) is 0 Å².